The fourth-order valence-electron chi connectivity index (χ4n) is 12.3. The monoisotopic (exact) mass is 2390 g/mol. The van der Waals surface area contributed by atoms with Crippen molar-refractivity contribution in [3.05, 3.63) is 337 Å². The summed E-state index contributed by atoms with van der Waals surface area (Å²) in [4.78, 5) is -7.75. The summed E-state index contributed by atoms with van der Waals surface area (Å²) in [5.41, 5.74) is 6.46. The van der Waals surface area contributed by atoms with Crippen LogP contribution in [0.3, 0.4) is 0 Å². The second-order valence-corrected chi connectivity index (χ2v) is 48.6. The first-order valence-corrected chi connectivity index (χ1v) is 59.5. The third kappa shape index (κ3) is 39.1. The molecule has 14 aromatic carbocycles. The number of phenolic OH excluding ortho intramolecular Hbond substituents is 2. The second-order valence-electron chi connectivity index (χ2n) is 28.8. The van der Waals surface area contributed by atoms with Crippen molar-refractivity contribution in [2.45, 2.75) is 104 Å². The van der Waals surface area contributed by atoms with E-state index < -0.39 is 203 Å². The number of aromatic hydroxyl groups is 2. The third-order valence-corrected chi connectivity index (χ3v) is 31.7. The minimum Gasteiger partial charge on any atom is -0.744 e. The summed E-state index contributed by atoms with van der Waals surface area (Å²) in [5, 5.41) is 18.2. The number of hydrogen-bond donors (Lipinski definition) is 5. The number of benzene rings is 14. The zero-order chi connectivity index (χ0) is 111. The maximum atomic E-state index is 14.8. The molecule has 0 amide bonds. The number of hydrogen-bond acceptors (Lipinski definition) is 36. The predicted octanol–water partition coefficient (Wildman–Crippen LogP) is 9.47. The van der Waals surface area contributed by atoms with Crippen molar-refractivity contribution in [1.29, 1.82) is 0 Å². The molecule has 1 atom stereocenters. The van der Waals surface area contributed by atoms with Gasteiger partial charge in [0, 0.05) is 5.82 Å². The molecule has 0 fully saturated rings. The zero-order valence-corrected chi connectivity index (χ0v) is 95.2. The van der Waals surface area contributed by atoms with E-state index in [4.69, 9.17) is 67.0 Å². The normalized spacial score (nSPS) is 11.1. The van der Waals surface area contributed by atoms with Crippen LogP contribution in [-0.4, -0.2) is 164 Å². The molecule has 0 aliphatic carbocycles. The minimum atomic E-state index is -5.22. The van der Waals surface area contributed by atoms with E-state index in [1.807, 2.05) is 70.6 Å². The Morgan fingerprint density at radius 1 is 0.340 bits per heavy atom. The standard InChI is InChI=1S/C40H34O14S5.C26H22O7S2.C12H7F2O5S2.C12H10O2.CH4.BH2P.FHPS2.2Na.3O3S/c1-25-5-14-31(15-6-25)55(41,42)34-18-20-36(40(24-34)59(50,51)52)54-35-19-11-29(28-9-12-30(53-4)13-10-28)21-39(35)57(45,46)37-22-32(16-7-26(37)2)56(43,44)33-17-8-27(3)38(23-33)58(47,48)49;1-18-3-13-23(14-4-18)34(27,28)24-15-16-25(26(17-24)35(29,30)31)33-22-11-7-20(8-12-22)19-5-9-21(32-2)10-6-19;13-8-1-3-9(4-2-8)20(15,16)10-5-6-11(14)12(7-10)21(17,18)19;13-11-5-1-9(2-6-11)10-3-7-12(14)8-4-10;;1-2;1-4(2)3;;;3*1-4(2)3/h5-24H,1-4H3,(H,47,48,49)(H,50,51,52);3-17H,1-2H3,(H,29,30,31);1,3-7H,(H,17,18,19);1-8,13-14H;1H4;2H2;2H;;;;;/q;;-1;;;;-1;2*+1;;;/p-1. The van der Waals surface area contributed by atoms with Gasteiger partial charge in [-0.1, -0.05) is 122 Å². The summed E-state index contributed by atoms with van der Waals surface area (Å²) in [6.45, 7) is 6.30. The molecule has 0 aliphatic heterocycles. The molecular weight excluding hydrogens is 2310 g/mol. The quantitative estimate of drug-likeness (QED) is 0.00756. The van der Waals surface area contributed by atoms with Crippen LogP contribution in [-0.2, 0) is 142 Å². The molecule has 0 saturated carbocycles. The third-order valence-electron chi connectivity index (χ3n) is 19.2. The molecule has 37 nitrogen and oxygen atoms in total. The van der Waals surface area contributed by atoms with Crippen LogP contribution in [0.5, 0.6) is 46.0 Å². The van der Waals surface area contributed by atoms with Crippen LogP contribution in [0, 0.1) is 45.4 Å². The van der Waals surface area contributed by atoms with E-state index in [1.165, 1.54) is 87.7 Å². The van der Waals surface area contributed by atoms with E-state index in [2.05, 4.69) is 26.8 Å². The van der Waals surface area contributed by atoms with E-state index in [1.54, 1.807) is 111 Å². The summed E-state index contributed by atoms with van der Waals surface area (Å²) in [6.07, 6.45) is 0. The first-order valence-electron chi connectivity index (χ1n) is 39.5. The fourth-order valence-corrected chi connectivity index (χ4v) is 22.1. The fraction of sp³-hybridized carbons (Fsp3) is 0.0769. The summed E-state index contributed by atoms with van der Waals surface area (Å²) >= 11 is 3.90. The van der Waals surface area contributed by atoms with Gasteiger partial charge in [0.1, 0.15) is 76.6 Å². The zero-order valence-electron chi connectivity index (χ0n) is 77.6. The molecule has 5 N–H and O–H groups in total. The molecule has 0 aliphatic rings. The molecule has 59 heteroatoms. The van der Waals surface area contributed by atoms with Crippen LogP contribution in [0.1, 0.15) is 29.7 Å². The molecule has 0 spiro atoms. The van der Waals surface area contributed by atoms with Crippen molar-refractivity contribution in [2.24, 2.45) is 0 Å². The van der Waals surface area contributed by atoms with E-state index in [0.29, 0.717) is 40.8 Å². The summed E-state index contributed by atoms with van der Waals surface area (Å²) in [5.74, 6) is -1.42. The van der Waals surface area contributed by atoms with Crippen LogP contribution in [0.2, 0.25) is 0 Å². The number of rotatable bonds is 23. The van der Waals surface area contributed by atoms with Crippen LogP contribution < -0.4 is 78.1 Å². The van der Waals surface area contributed by atoms with Crippen LogP contribution in [0.4, 0.5) is 12.7 Å². The van der Waals surface area contributed by atoms with Crippen LogP contribution in [0.25, 0.3) is 33.4 Å². The average Bonchev–Trinajstić information content (AvgIpc) is 0.630. The van der Waals surface area contributed by atoms with Crippen molar-refractivity contribution in [2.75, 3.05) is 14.2 Å². The molecule has 1 unspecified atom stereocenters. The molecule has 0 saturated heterocycles. The van der Waals surface area contributed by atoms with Crippen molar-refractivity contribution < 1.29 is 233 Å². The van der Waals surface area contributed by atoms with E-state index in [0.717, 1.165) is 106 Å². The molecule has 2 radical (unpaired) electrons. The van der Waals surface area contributed by atoms with Gasteiger partial charge in [0.05, 0.1) is 70.7 Å². The van der Waals surface area contributed by atoms with Crippen molar-refractivity contribution in [3.63, 3.8) is 0 Å². The molecule has 150 heavy (non-hydrogen) atoms. The van der Waals surface area contributed by atoms with Gasteiger partial charge in [-0.05, 0) is 253 Å². The smallest absolute Gasteiger partial charge is 0.744 e. The SMILES string of the molecule is C.COc1ccc(-c2ccc(Oc3ccc(S(=O)(=O)c4ccc(C)cc4)cc3S(=O)(=O)O)c(S(=O)(=O)c3cc(S(=O)(=O)c4ccc(C)c(S(=O)(=O)O)c4)ccc3C)c2)cc1.COc1ccc(-c2ccc(Oc3ccc(S(=O)(=O)c4ccc(C)cc4)cc3S(=O)(=O)O)cc2)cc1.F[S-](=P)=S.O=S(=O)([O-])c1cc(S(=O)(=O)c2c[c-]c(F)cc2)ccc1F.O=S(=O)=O.O=S(=O)=O.O=S(=O)=O.Oc1ccc(-c2ccc(O)cc2)cc1.[B]P.[Na+].[Na+]. The Morgan fingerprint density at radius 3 is 0.927 bits per heavy atom. The summed E-state index contributed by atoms with van der Waals surface area (Å²) < 4.78 is 405. The first kappa shape index (κ1) is 133. The Morgan fingerprint density at radius 2 is 0.593 bits per heavy atom. The van der Waals surface area contributed by atoms with Crippen molar-refractivity contribution in [1.82, 2.24) is 0 Å². The maximum absolute atomic E-state index is 14.8. The van der Waals surface area contributed by atoms with Gasteiger partial charge >= 0.3 is 90.9 Å². The Balaban J connectivity index is 0.000000533. The van der Waals surface area contributed by atoms with Crippen LogP contribution >= 0.6 is 17.1 Å². The van der Waals surface area contributed by atoms with Gasteiger partial charge in [-0.2, -0.15) is 46.5 Å². The number of ether oxygens (including phenoxy) is 4. The molecule has 14 aromatic rings. The van der Waals surface area contributed by atoms with E-state index in [-0.39, 0.29) is 114 Å². The minimum absolute atomic E-state index is 0. The number of sulfone groups is 5. The Labute approximate surface area is 923 Å². The van der Waals surface area contributed by atoms with Gasteiger partial charge < -0.3 is 37.6 Å². The molecule has 0 bridgehead atoms. The largest absolute Gasteiger partial charge is 1.00 e. The topological polar surface area (TPSA) is 622 Å². The van der Waals surface area contributed by atoms with Gasteiger partial charge in [0.15, 0.2) is 9.84 Å². The number of methoxy groups -OCH3 is 2. The predicted molar refractivity (Wildman–Crippen MR) is 542 cm³/mol. The van der Waals surface area contributed by atoms with Crippen molar-refractivity contribution in [3.8, 4) is 79.4 Å². The van der Waals surface area contributed by atoms with Crippen molar-refractivity contribution >= 4 is 166 Å². The van der Waals surface area contributed by atoms with Gasteiger partial charge in [-0.25, -0.2) is 87.5 Å². The average molecular weight is 2390 g/mol. The van der Waals surface area contributed by atoms with E-state index >= 15 is 0 Å². The number of phenols is 2. The van der Waals surface area contributed by atoms with Gasteiger partial charge in [0.25, 0.3) is 30.4 Å². The Kier molecular flexibility index (Phi) is 51.9. The molecule has 14 rings (SSSR count). The van der Waals surface area contributed by atoms with Gasteiger partial charge in [-0.15, -0.1) is 50.0 Å². The van der Waals surface area contributed by atoms with Gasteiger partial charge in [0.2, 0.25) is 39.3 Å². The van der Waals surface area contributed by atoms with Gasteiger partial charge in [-0.3, -0.25) is 13.7 Å². The first-order chi connectivity index (χ1) is 68.3. The van der Waals surface area contributed by atoms with Crippen LogP contribution in [0.15, 0.2) is 366 Å². The molecule has 786 valence electrons. The maximum Gasteiger partial charge on any atom is 1.00 e. The van der Waals surface area contributed by atoms with E-state index in [9.17, 15) is 107 Å². The Bertz CT molecular complexity index is 8660. The number of halogens is 3. The summed E-state index contributed by atoms with van der Waals surface area (Å²) in [6, 6.07) is 69.2. The molecular formula is C91H79BF3Na2O37P2S14-. The molecule has 0 heterocycles. The summed E-state index contributed by atoms with van der Waals surface area (Å²) in [7, 11) is -41.0. The second kappa shape index (κ2) is 58.4. The number of aryl methyl sites for hydroxylation is 4. The molecule has 0 aromatic heterocycles. The Hall–Kier alpha value is -10.7.